The smallest absolute Gasteiger partial charge is 0.264 e. The molecule has 6 heteroatoms. The second kappa shape index (κ2) is 10.1. The summed E-state index contributed by atoms with van der Waals surface area (Å²) in [5.74, 6) is -0.330. The number of sulfonamides is 1. The topological polar surface area (TPSA) is 66.5 Å². The van der Waals surface area contributed by atoms with E-state index in [0.717, 1.165) is 18.4 Å². The van der Waals surface area contributed by atoms with Gasteiger partial charge in [0.25, 0.3) is 10.0 Å². The molecule has 0 saturated carbocycles. The monoisotopic (exact) mass is 422 g/mol. The van der Waals surface area contributed by atoms with Gasteiger partial charge < -0.3 is 5.32 Å². The van der Waals surface area contributed by atoms with E-state index in [1.54, 1.807) is 36.4 Å². The van der Waals surface area contributed by atoms with Crippen LogP contribution in [0.5, 0.6) is 0 Å². The third-order valence-corrected chi connectivity index (χ3v) is 6.50. The first-order chi connectivity index (χ1) is 14.5. The molecule has 0 unspecified atom stereocenters. The fourth-order valence-corrected chi connectivity index (χ4v) is 4.60. The van der Waals surface area contributed by atoms with Gasteiger partial charge in [0.05, 0.1) is 10.6 Å². The largest absolute Gasteiger partial charge is 0.355 e. The highest BCUT2D eigenvalue weighted by atomic mass is 32.2. The number of anilines is 1. The molecular weight excluding hydrogens is 396 g/mol. The van der Waals surface area contributed by atoms with Crippen LogP contribution in [0.15, 0.2) is 89.8 Å². The molecular formula is C24H26N2O3S. The van der Waals surface area contributed by atoms with E-state index in [1.165, 1.54) is 22.0 Å². The summed E-state index contributed by atoms with van der Waals surface area (Å²) < 4.78 is 27.6. The van der Waals surface area contributed by atoms with E-state index in [1.807, 2.05) is 43.3 Å². The fraction of sp³-hybridized carbons (Fsp3) is 0.208. The highest BCUT2D eigenvalue weighted by Gasteiger charge is 2.27. The normalized spacial score (nSPS) is 11.1. The lowest BCUT2D eigenvalue weighted by Crippen LogP contribution is -2.41. The summed E-state index contributed by atoms with van der Waals surface area (Å²) in [5.41, 5.74) is 2.60. The molecule has 0 bridgehead atoms. The van der Waals surface area contributed by atoms with Crippen molar-refractivity contribution in [2.75, 3.05) is 17.4 Å². The maximum absolute atomic E-state index is 13.2. The zero-order chi connectivity index (χ0) is 21.4. The molecule has 0 aromatic heterocycles. The molecule has 30 heavy (non-hydrogen) atoms. The Morgan fingerprint density at radius 3 is 2.23 bits per heavy atom. The van der Waals surface area contributed by atoms with Gasteiger partial charge in [-0.15, -0.1) is 0 Å². The van der Waals surface area contributed by atoms with Crippen molar-refractivity contribution < 1.29 is 13.2 Å². The van der Waals surface area contributed by atoms with Gasteiger partial charge in [0.1, 0.15) is 6.54 Å². The highest BCUT2D eigenvalue weighted by molar-refractivity contribution is 7.92. The quantitative estimate of drug-likeness (QED) is 0.531. The summed E-state index contributed by atoms with van der Waals surface area (Å²) >= 11 is 0. The lowest BCUT2D eigenvalue weighted by atomic mass is 10.1. The average molecular weight is 423 g/mol. The first-order valence-electron chi connectivity index (χ1n) is 9.92. The van der Waals surface area contributed by atoms with E-state index >= 15 is 0 Å². The van der Waals surface area contributed by atoms with Crippen molar-refractivity contribution in [3.05, 3.63) is 96.1 Å². The third-order valence-electron chi connectivity index (χ3n) is 4.72. The van der Waals surface area contributed by atoms with Crippen LogP contribution >= 0.6 is 0 Å². The van der Waals surface area contributed by atoms with Gasteiger partial charge in [-0.05, 0) is 55.2 Å². The first kappa shape index (κ1) is 21.6. The summed E-state index contributed by atoms with van der Waals surface area (Å²) in [5, 5.41) is 2.85. The summed E-state index contributed by atoms with van der Waals surface area (Å²) in [6.45, 7) is 2.10. The molecule has 0 radical (unpaired) electrons. The average Bonchev–Trinajstić information content (AvgIpc) is 2.76. The Morgan fingerprint density at radius 1 is 0.900 bits per heavy atom. The number of hydrogen-bond acceptors (Lipinski definition) is 3. The van der Waals surface area contributed by atoms with E-state index in [0.29, 0.717) is 12.2 Å². The van der Waals surface area contributed by atoms with Gasteiger partial charge in [-0.1, -0.05) is 60.7 Å². The van der Waals surface area contributed by atoms with Gasteiger partial charge in [0.15, 0.2) is 0 Å². The van der Waals surface area contributed by atoms with E-state index in [4.69, 9.17) is 0 Å². The number of rotatable bonds is 9. The third kappa shape index (κ3) is 5.70. The summed E-state index contributed by atoms with van der Waals surface area (Å²) in [4.78, 5) is 12.7. The number of benzene rings is 3. The van der Waals surface area contributed by atoms with Crippen LogP contribution in [0.25, 0.3) is 0 Å². The molecule has 0 spiro atoms. The molecule has 1 amide bonds. The second-order valence-corrected chi connectivity index (χ2v) is 8.97. The molecule has 0 fully saturated rings. The number of nitrogens with one attached hydrogen (secondary N) is 1. The standard InChI is InChI=1S/C24H26N2O3S/c1-20-10-8-14-22(18-20)26(30(28,29)23-15-6-3-7-16-23)19-24(27)25-17-9-13-21-11-4-2-5-12-21/h2-8,10-12,14-16,18H,9,13,17,19H2,1H3,(H,25,27). The van der Waals surface area contributed by atoms with Crippen LogP contribution in [-0.2, 0) is 21.2 Å². The second-order valence-electron chi connectivity index (χ2n) is 7.10. The summed E-state index contributed by atoms with van der Waals surface area (Å²) in [7, 11) is -3.87. The molecule has 3 rings (SSSR count). The van der Waals surface area contributed by atoms with Crippen LogP contribution in [-0.4, -0.2) is 27.4 Å². The maximum Gasteiger partial charge on any atom is 0.264 e. The summed E-state index contributed by atoms with van der Waals surface area (Å²) in [6.07, 6.45) is 1.64. The molecule has 156 valence electrons. The zero-order valence-corrected chi connectivity index (χ0v) is 17.8. The number of aryl methyl sites for hydroxylation is 2. The Kier molecular flexibility index (Phi) is 7.25. The molecule has 1 N–H and O–H groups in total. The van der Waals surface area contributed by atoms with E-state index in [9.17, 15) is 13.2 Å². The highest BCUT2D eigenvalue weighted by Crippen LogP contribution is 2.24. The minimum Gasteiger partial charge on any atom is -0.355 e. The number of carbonyl (C=O) groups excluding carboxylic acids is 1. The number of amides is 1. The van der Waals surface area contributed by atoms with Crippen molar-refractivity contribution in [3.63, 3.8) is 0 Å². The van der Waals surface area contributed by atoms with Crippen LogP contribution in [0.3, 0.4) is 0 Å². The molecule has 0 heterocycles. The number of nitrogens with zero attached hydrogens (tertiary/aromatic N) is 1. The van der Waals surface area contributed by atoms with Crippen LogP contribution in [0.1, 0.15) is 17.5 Å². The van der Waals surface area contributed by atoms with Crippen molar-refractivity contribution in [3.8, 4) is 0 Å². The molecule has 5 nitrogen and oxygen atoms in total. The summed E-state index contributed by atoms with van der Waals surface area (Å²) in [6, 6.07) is 25.4. The molecule has 3 aromatic carbocycles. The lowest BCUT2D eigenvalue weighted by molar-refractivity contribution is -0.119. The van der Waals surface area contributed by atoms with Gasteiger partial charge >= 0.3 is 0 Å². The maximum atomic E-state index is 13.2. The van der Waals surface area contributed by atoms with Crippen LogP contribution < -0.4 is 9.62 Å². The molecule has 0 saturated heterocycles. The van der Waals surface area contributed by atoms with Crippen molar-refractivity contribution in [2.45, 2.75) is 24.7 Å². The Balaban J connectivity index is 1.70. The van der Waals surface area contributed by atoms with Crippen molar-refractivity contribution in [1.29, 1.82) is 0 Å². The Hall–Kier alpha value is -3.12. The molecule has 0 aliphatic rings. The van der Waals surface area contributed by atoms with Crippen molar-refractivity contribution in [2.24, 2.45) is 0 Å². The van der Waals surface area contributed by atoms with E-state index in [-0.39, 0.29) is 17.3 Å². The predicted octanol–water partition coefficient (Wildman–Crippen LogP) is 3.94. The van der Waals surface area contributed by atoms with Gasteiger partial charge in [-0.25, -0.2) is 8.42 Å². The van der Waals surface area contributed by atoms with Crippen molar-refractivity contribution >= 4 is 21.6 Å². The zero-order valence-electron chi connectivity index (χ0n) is 17.0. The lowest BCUT2D eigenvalue weighted by Gasteiger charge is -2.24. The molecule has 0 atom stereocenters. The first-order valence-corrected chi connectivity index (χ1v) is 11.4. The van der Waals surface area contributed by atoms with Gasteiger partial charge in [-0.3, -0.25) is 9.10 Å². The van der Waals surface area contributed by atoms with Crippen LogP contribution in [0.2, 0.25) is 0 Å². The van der Waals surface area contributed by atoms with Gasteiger partial charge in [0.2, 0.25) is 5.91 Å². The van der Waals surface area contributed by atoms with Gasteiger partial charge in [0, 0.05) is 6.54 Å². The minimum atomic E-state index is -3.87. The number of hydrogen-bond donors (Lipinski definition) is 1. The van der Waals surface area contributed by atoms with Crippen LogP contribution in [0, 0.1) is 6.92 Å². The minimum absolute atomic E-state index is 0.156. The van der Waals surface area contributed by atoms with E-state index in [2.05, 4.69) is 5.32 Å². The van der Waals surface area contributed by atoms with E-state index < -0.39 is 10.0 Å². The number of carbonyl (C=O) groups is 1. The predicted molar refractivity (Wildman–Crippen MR) is 120 cm³/mol. The fourth-order valence-electron chi connectivity index (χ4n) is 3.17. The van der Waals surface area contributed by atoms with Crippen LogP contribution in [0.4, 0.5) is 5.69 Å². The SMILES string of the molecule is Cc1cccc(N(CC(=O)NCCCc2ccccc2)S(=O)(=O)c2ccccc2)c1. The van der Waals surface area contributed by atoms with Gasteiger partial charge in [-0.2, -0.15) is 0 Å². The van der Waals surface area contributed by atoms with Crippen molar-refractivity contribution in [1.82, 2.24) is 5.32 Å². The Bertz CT molecular complexity index is 1070. The Labute approximate surface area is 178 Å². The molecule has 0 aliphatic heterocycles. The Morgan fingerprint density at radius 2 is 1.57 bits per heavy atom. The molecule has 0 aliphatic carbocycles. The molecule has 3 aromatic rings.